The van der Waals surface area contributed by atoms with Crippen LogP contribution in [0.3, 0.4) is 0 Å². The Hall–Kier alpha value is -1.14. The third-order valence-electron chi connectivity index (χ3n) is 10.1. The highest BCUT2D eigenvalue weighted by atomic mass is 16.6. The summed E-state index contributed by atoms with van der Waals surface area (Å²) < 4.78 is 24.1. The van der Waals surface area contributed by atoms with Crippen LogP contribution in [0.1, 0.15) is 133 Å². The first-order valence-electron chi connectivity index (χ1n) is 14.3. The van der Waals surface area contributed by atoms with Crippen molar-refractivity contribution in [2.45, 2.75) is 161 Å². The van der Waals surface area contributed by atoms with Gasteiger partial charge in [-0.05, 0) is 95.8 Å². The molecule has 0 radical (unpaired) electrons. The topological polar surface area (TPSA) is 71.1 Å². The van der Waals surface area contributed by atoms with Gasteiger partial charge < -0.3 is 18.9 Å². The van der Waals surface area contributed by atoms with Gasteiger partial charge in [-0.25, -0.2) is 0 Å². The first-order valence-corrected chi connectivity index (χ1v) is 14.3. The Morgan fingerprint density at radius 3 is 1.78 bits per heavy atom. The monoisotopic (exact) mass is 508 g/mol. The standard InChI is InChI=1S/2C15H26O3/c1-11-7-10-15(17-11)13(3,4)8-6-9-14(15,5)18-12(2)16;1-5-12(16)18-14(4)9-6-8-13(2,3)15(14)10-7-11-17-15/h11H,6-10H2,1-5H3;5-11H2,1-4H3/t11-,14?,15-;/m0./s1. The van der Waals surface area contributed by atoms with E-state index in [1.54, 1.807) is 0 Å². The molecule has 4 aliphatic rings. The van der Waals surface area contributed by atoms with E-state index >= 15 is 0 Å². The second kappa shape index (κ2) is 10.2. The number of carbonyl (C=O) groups excluding carboxylic acids is 2. The molecule has 0 bridgehead atoms. The minimum atomic E-state index is -0.481. The van der Waals surface area contributed by atoms with E-state index in [4.69, 9.17) is 18.9 Å². The minimum Gasteiger partial charge on any atom is -0.456 e. The van der Waals surface area contributed by atoms with Gasteiger partial charge in [0.05, 0.1) is 6.10 Å². The molecule has 6 heteroatoms. The maximum Gasteiger partial charge on any atom is 0.306 e. The summed E-state index contributed by atoms with van der Waals surface area (Å²) in [5.74, 6) is -0.303. The van der Waals surface area contributed by atoms with Crippen LogP contribution in [-0.4, -0.2) is 47.1 Å². The van der Waals surface area contributed by atoms with Crippen molar-refractivity contribution in [1.82, 2.24) is 0 Å². The summed E-state index contributed by atoms with van der Waals surface area (Å²) in [4.78, 5) is 23.2. The van der Waals surface area contributed by atoms with Crippen molar-refractivity contribution in [2.75, 3.05) is 6.61 Å². The molecule has 2 saturated heterocycles. The molecule has 2 aliphatic carbocycles. The lowest BCUT2D eigenvalue weighted by molar-refractivity contribution is -0.251. The zero-order valence-corrected chi connectivity index (χ0v) is 24.5. The van der Waals surface area contributed by atoms with Crippen LogP contribution in [0.5, 0.6) is 0 Å². The molecule has 0 aromatic rings. The van der Waals surface area contributed by atoms with Crippen LogP contribution < -0.4 is 0 Å². The third-order valence-corrected chi connectivity index (χ3v) is 10.1. The van der Waals surface area contributed by atoms with E-state index in [1.165, 1.54) is 6.92 Å². The summed E-state index contributed by atoms with van der Waals surface area (Å²) in [7, 11) is 0. The van der Waals surface area contributed by atoms with E-state index in [0.29, 0.717) is 6.42 Å². The number of rotatable bonds is 3. The molecule has 3 unspecified atom stereocenters. The van der Waals surface area contributed by atoms with Crippen molar-refractivity contribution in [3.05, 3.63) is 0 Å². The molecule has 2 spiro atoms. The predicted molar refractivity (Wildman–Crippen MR) is 141 cm³/mol. The quantitative estimate of drug-likeness (QED) is 0.386. The van der Waals surface area contributed by atoms with Crippen molar-refractivity contribution < 1.29 is 28.5 Å². The Balaban J connectivity index is 0.000000201. The van der Waals surface area contributed by atoms with E-state index in [0.717, 1.165) is 70.8 Å². The Labute approximate surface area is 219 Å². The highest BCUT2D eigenvalue weighted by molar-refractivity contribution is 5.69. The minimum absolute atomic E-state index is 0.0558. The number of hydrogen-bond acceptors (Lipinski definition) is 6. The molecule has 0 N–H and O–H groups in total. The van der Waals surface area contributed by atoms with E-state index in [-0.39, 0.29) is 40.1 Å². The zero-order valence-electron chi connectivity index (χ0n) is 24.5. The lowest BCUT2D eigenvalue weighted by Crippen LogP contribution is -2.64. The van der Waals surface area contributed by atoms with Crippen molar-refractivity contribution in [2.24, 2.45) is 10.8 Å². The van der Waals surface area contributed by atoms with E-state index in [2.05, 4.69) is 48.5 Å². The Kier molecular flexibility index (Phi) is 8.34. The largest absolute Gasteiger partial charge is 0.456 e. The predicted octanol–water partition coefficient (Wildman–Crippen LogP) is 6.91. The molecule has 4 rings (SSSR count). The van der Waals surface area contributed by atoms with Crippen LogP contribution >= 0.6 is 0 Å². The van der Waals surface area contributed by atoms with Crippen molar-refractivity contribution in [3.8, 4) is 0 Å². The molecule has 6 nitrogen and oxygen atoms in total. The summed E-state index contributed by atoms with van der Waals surface area (Å²) in [6.07, 6.45) is 11.1. The average molecular weight is 509 g/mol. The molecule has 36 heavy (non-hydrogen) atoms. The molecular formula is C30H52O6. The molecule has 0 amide bonds. The normalized spacial score (nSPS) is 41.0. The Morgan fingerprint density at radius 1 is 0.778 bits per heavy atom. The maximum absolute atomic E-state index is 11.8. The number of hydrogen-bond donors (Lipinski definition) is 0. The van der Waals surface area contributed by atoms with Gasteiger partial charge in [0.15, 0.2) is 0 Å². The number of carbonyl (C=O) groups is 2. The van der Waals surface area contributed by atoms with Gasteiger partial charge in [-0.3, -0.25) is 9.59 Å². The van der Waals surface area contributed by atoms with Crippen LogP contribution in [0.2, 0.25) is 0 Å². The average Bonchev–Trinajstić information content (AvgIpc) is 3.41. The van der Waals surface area contributed by atoms with Crippen LogP contribution in [0.15, 0.2) is 0 Å². The van der Waals surface area contributed by atoms with E-state index < -0.39 is 11.2 Å². The molecule has 2 aliphatic heterocycles. The first kappa shape index (κ1) is 29.4. The smallest absolute Gasteiger partial charge is 0.306 e. The fraction of sp³-hybridized carbons (Fsp3) is 0.933. The summed E-state index contributed by atoms with van der Waals surface area (Å²) in [6.45, 7) is 19.4. The fourth-order valence-corrected chi connectivity index (χ4v) is 8.23. The Morgan fingerprint density at radius 2 is 1.33 bits per heavy atom. The molecule has 2 saturated carbocycles. The molecule has 5 atom stereocenters. The van der Waals surface area contributed by atoms with Gasteiger partial charge in [0, 0.05) is 20.0 Å². The summed E-state index contributed by atoms with van der Waals surface area (Å²) in [6, 6.07) is 0. The van der Waals surface area contributed by atoms with Gasteiger partial charge in [-0.15, -0.1) is 0 Å². The van der Waals surface area contributed by atoms with Crippen LogP contribution in [0.25, 0.3) is 0 Å². The van der Waals surface area contributed by atoms with Crippen molar-refractivity contribution in [1.29, 1.82) is 0 Å². The molecule has 4 fully saturated rings. The summed E-state index contributed by atoms with van der Waals surface area (Å²) in [5, 5.41) is 0. The van der Waals surface area contributed by atoms with Gasteiger partial charge in [0.25, 0.3) is 0 Å². The summed E-state index contributed by atoms with van der Waals surface area (Å²) >= 11 is 0. The molecule has 208 valence electrons. The van der Waals surface area contributed by atoms with Crippen molar-refractivity contribution >= 4 is 11.9 Å². The van der Waals surface area contributed by atoms with E-state index in [9.17, 15) is 9.59 Å². The molecule has 0 aromatic heterocycles. The second-order valence-corrected chi connectivity index (χ2v) is 13.4. The third kappa shape index (κ3) is 4.86. The molecule has 0 aromatic carbocycles. The van der Waals surface area contributed by atoms with Gasteiger partial charge in [0.1, 0.15) is 22.4 Å². The van der Waals surface area contributed by atoms with Crippen LogP contribution in [-0.2, 0) is 28.5 Å². The van der Waals surface area contributed by atoms with Gasteiger partial charge in [0.2, 0.25) is 0 Å². The van der Waals surface area contributed by atoms with Gasteiger partial charge in [-0.1, -0.05) is 34.6 Å². The zero-order chi connectivity index (χ0) is 27.0. The second-order valence-electron chi connectivity index (χ2n) is 13.4. The maximum atomic E-state index is 11.8. The lowest BCUT2D eigenvalue weighted by Gasteiger charge is -2.57. The SMILES string of the molecule is CC(=O)OC1(C)CCCC(C)(C)[C@@]12CC[C@H](C)O2.CCC(=O)OC1(C)CCCC(C)(C)C12CCCO2. The fourth-order valence-electron chi connectivity index (χ4n) is 8.23. The first-order chi connectivity index (χ1) is 16.6. The number of ether oxygens (including phenoxy) is 4. The van der Waals surface area contributed by atoms with Crippen LogP contribution in [0, 0.1) is 10.8 Å². The Bertz CT molecular complexity index is 808. The summed E-state index contributed by atoms with van der Waals surface area (Å²) in [5.41, 5.74) is -1.42. The van der Waals surface area contributed by atoms with E-state index in [1.807, 2.05) is 6.92 Å². The van der Waals surface area contributed by atoms with Gasteiger partial charge >= 0.3 is 11.9 Å². The highest BCUT2D eigenvalue weighted by Gasteiger charge is 2.65. The lowest BCUT2D eigenvalue weighted by atomic mass is 9.57. The van der Waals surface area contributed by atoms with Crippen molar-refractivity contribution in [3.63, 3.8) is 0 Å². The molecule has 2 heterocycles. The molecular weight excluding hydrogens is 456 g/mol. The van der Waals surface area contributed by atoms with Gasteiger partial charge in [-0.2, -0.15) is 0 Å². The number of esters is 2. The highest BCUT2D eigenvalue weighted by Crippen LogP contribution is 2.59. The van der Waals surface area contributed by atoms with Crippen LogP contribution in [0.4, 0.5) is 0 Å².